The lowest BCUT2D eigenvalue weighted by atomic mass is 9.92. The molecule has 0 unspecified atom stereocenters. The molecule has 2 aliphatic rings. The summed E-state index contributed by atoms with van der Waals surface area (Å²) in [5, 5.41) is 11.2. The number of rotatable bonds is 11. The molecule has 0 radical (unpaired) electrons. The van der Waals surface area contributed by atoms with E-state index in [0.717, 1.165) is 18.4 Å². The molecule has 6 aromatic rings. The van der Waals surface area contributed by atoms with E-state index in [0.29, 0.717) is 33.2 Å². The van der Waals surface area contributed by atoms with Gasteiger partial charge in [0.05, 0.1) is 39.3 Å². The number of carbonyl (C=O) groups is 1. The van der Waals surface area contributed by atoms with Crippen LogP contribution in [0.5, 0.6) is 0 Å². The van der Waals surface area contributed by atoms with Crippen LogP contribution in [0.15, 0.2) is 54.9 Å². The number of alkyl halides is 4. The van der Waals surface area contributed by atoms with E-state index in [4.69, 9.17) is 16.6 Å². The average Bonchev–Trinajstić information content (AvgIpc) is 3.41. The molecule has 8 rings (SSSR count). The number of sulfonamides is 1. The highest BCUT2D eigenvalue weighted by molar-refractivity contribution is 7.92. The van der Waals surface area contributed by atoms with Crippen molar-refractivity contribution in [3.8, 4) is 23.0 Å². The van der Waals surface area contributed by atoms with Crippen LogP contribution in [-0.2, 0) is 46.2 Å². The molecule has 4 heterocycles. The monoisotopic (exact) mass is 869 g/mol. The Kier molecular flexibility index (Phi) is 10.0. The number of halogens is 7. The third kappa shape index (κ3) is 7.58. The summed E-state index contributed by atoms with van der Waals surface area (Å²) in [4.78, 5) is 26.2. The molecule has 2 aromatic carbocycles. The summed E-state index contributed by atoms with van der Waals surface area (Å²) in [5.74, 6) is -1.62. The minimum atomic E-state index is -3.83. The van der Waals surface area contributed by atoms with Crippen LogP contribution < -0.4 is 10.0 Å². The highest BCUT2D eigenvalue weighted by Crippen LogP contribution is 2.68. The van der Waals surface area contributed by atoms with Gasteiger partial charge in [-0.1, -0.05) is 23.6 Å². The van der Waals surface area contributed by atoms with Gasteiger partial charge in [-0.3, -0.25) is 18.9 Å². The van der Waals surface area contributed by atoms with Crippen molar-refractivity contribution in [2.45, 2.75) is 63.0 Å². The molecule has 312 valence electrons. The maximum Gasteiger partial charge on any atom is 0.293 e. The van der Waals surface area contributed by atoms with Gasteiger partial charge >= 0.3 is 0 Å². The molecule has 1 amide bonds. The first-order chi connectivity index (χ1) is 28.2. The lowest BCUT2D eigenvalue weighted by Crippen LogP contribution is -2.35. The van der Waals surface area contributed by atoms with Gasteiger partial charge in [0.1, 0.15) is 41.1 Å². The minimum absolute atomic E-state index is 0.0245. The van der Waals surface area contributed by atoms with E-state index in [9.17, 15) is 30.8 Å². The van der Waals surface area contributed by atoms with Crippen molar-refractivity contribution in [1.29, 1.82) is 0 Å². The number of hydrogen-bond acceptors (Lipinski definition) is 7. The van der Waals surface area contributed by atoms with Crippen LogP contribution in [0, 0.1) is 29.4 Å². The molecule has 2 aliphatic carbocycles. The van der Waals surface area contributed by atoms with Crippen molar-refractivity contribution in [3.63, 3.8) is 0 Å². The Morgan fingerprint density at radius 3 is 2.47 bits per heavy atom. The fraction of sp³-hybridized carbons (Fsp3) is 0.325. The minimum Gasteiger partial charge on any atom is -0.347 e. The standard InChI is InChI=1S/C40H34ClF6N9O3S/c1-39(2,38-48-11-12-49-38)10-9-22-5-6-23(24-7-8-27(41)31-34(24)55(3)53-37(31)54-60(4,58)59)32(50-22)28(15-19-13-20(42)16-21(43)14-19)51-29(57)18-56-35-30(33(52-56)36(44)45)25-17-26(25)40(35,46)47/h5-8,11-14,16,25-26,28,36H,15,17-18H2,1-4H3,(H,48,49)(H,51,57)(H,53,54)/t25-,26+,28-/m0/s1. The number of H-pyrrole nitrogens is 1. The quantitative estimate of drug-likeness (QED) is 0.0905. The molecule has 0 saturated heterocycles. The van der Waals surface area contributed by atoms with Gasteiger partial charge in [0.15, 0.2) is 5.82 Å². The molecule has 60 heavy (non-hydrogen) atoms. The topological polar surface area (TPSA) is 152 Å². The summed E-state index contributed by atoms with van der Waals surface area (Å²) in [5.41, 5.74) is -1.30. The molecule has 0 aliphatic heterocycles. The van der Waals surface area contributed by atoms with Gasteiger partial charge in [-0.05, 0) is 74.4 Å². The number of aryl methyl sites for hydroxylation is 1. The Labute approximate surface area is 343 Å². The second kappa shape index (κ2) is 14.7. The van der Waals surface area contributed by atoms with Crippen LogP contribution in [0.1, 0.15) is 78.4 Å². The van der Waals surface area contributed by atoms with Crippen molar-refractivity contribution in [2.24, 2.45) is 13.0 Å². The van der Waals surface area contributed by atoms with Gasteiger partial charge in [-0.2, -0.15) is 19.0 Å². The first-order valence-electron chi connectivity index (χ1n) is 18.4. The average molecular weight is 870 g/mol. The highest BCUT2D eigenvalue weighted by Gasteiger charge is 2.67. The van der Waals surface area contributed by atoms with E-state index in [-0.39, 0.29) is 51.6 Å². The van der Waals surface area contributed by atoms with Crippen LogP contribution in [-0.4, -0.2) is 55.1 Å². The second-order valence-electron chi connectivity index (χ2n) is 15.4. The lowest BCUT2D eigenvalue weighted by molar-refractivity contribution is -0.123. The van der Waals surface area contributed by atoms with Gasteiger partial charge in [-0.25, -0.2) is 35.9 Å². The number of aromatic amines is 1. The number of pyridine rings is 1. The van der Waals surface area contributed by atoms with Gasteiger partial charge in [0.25, 0.3) is 12.3 Å². The summed E-state index contributed by atoms with van der Waals surface area (Å²) in [6.07, 6.45) is 0.695. The molecule has 3 N–H and O–H groups in total. The second-order valence-corrected chi connectivity index (χ2v) is 17.5. The Morgan fingerprint density at radius 2 is 1.80 bits per heavy atom. The van der Waals surface area contributed by atoms with Crippen molar-refractivity contribution < 1.29 is 39.6 Å². The zero-order valence-corrected chi connectivity index (χ0v) is 33.7. The lowest BCUT2D eigenvalue weighted by Gasteiger charge is -2.23. The zero-order chi connectivity index (χ0) is 43.1. The molecule has 12 nitrogen and oxygen atoms in total. The van der Waals surface area contributed by atoms with E-state index in [2.05, 4.69) is 42.0 Å². The van der Waals surface area contributed by atoms with Crippen molar-refractivity contribution in [2.75, 3.05) is 11.0 Å². The van der Waals surface area contributed by atoms with Crippen LogP contribution in [0.4, 0.5) is 32.2 Å². The Morgan fingerprint density at radius 1 is 1.08 bits per heavy atom. The number of carbonyl (C=O) groups excluding carboxylic acids is 1. The van der Waals surface area contributed by atoms with Gasteiger partial charge in [-0.15, -0.1) is 0 Å². The summed E-state index contributed by atoms with van der Waals surface area (Å²) in [7, 11) is -2.29. The SMILES string of the molecule is Cn1nc(NS(C)(=O)=O)c2c(Cl)ccc(-c3ccc(C#CC(C)(C)c4ncc[nH]4)nc3[C@H](Cc3cc(F)cc(F)c3)NC(=O)Cn3nc(C(F)F)c4c3C(F)(F)[C@@H]3C[C@H]43)c21. The fourth-order valence-corrected chi connectivity index (χ4v) is 8.64. The van der Waals surface area contributed by atoms with E-state index in [1.807, 2.05) is 13.8 Å². The van der Waals surface area contributed by atoms with Crippen LogP contribution >= 0.6 is 11.6 Å². The summed E-state index contributed by atoms with van der Waals surface area (Å²) in [6, 6.07) is 7.77. The van der Waals surface area contributed by atoms with E-state index in [1.165, 1.54) is 10.7 Å². The van der Waals surface area contributed by atoms with Gasteiger partial charge in [0, 0.05) is 48.1 Å². The van der Waals surface area contributed by atoms with E-state index >= 15 is 8.78 Å². The number of benzene rings is 2. The van der Waals surface area contributed by atoms with Crippen molar-refractivity contribution in [1.82, 2.24) is 39.8 Å². The number of hydrogen-bond donors (Lipinski definition) is 3. The number of amides is 1. The number of fused-ring (bicyclic) bond motifs is 4. The molecule has 1 saturated carbocycles. The van der Waals surface area contributed by atoms with Crippen molar-refractivity contribution in [3.05, 3.63) is 111 Å². The van der Waals surface area contributed by atoms with E-state index in [1.54, 1.807) is 37.6 Å². The largest absolute Gasteiger partial charge is 0.347 e. The first-order valence-corrected chi connectivity index (χ1v) is 20.7. The summed E-state index contributed by atoms with van der Waals surface area (Å²) < 4.78 is 117. The molecule has 4 aromatic heterocycles. The molecule has 1 fully saturated rings. The molecular formula is C40H34ClF6N9O3S. The molecule has 0 spiro atoms. The predicted molar refractivity (Wildman–Crippen MR) is 209 cm³/mol. The maximum atomic E-state index is 15.5. The fourth-order valence-electron chi connectivity index (χ4n) is 7.90. The third-order valence-electron chi connectivity index (χ3n) is 10.5. The van der Waals surface area contributed by atoms with Crippen LogP contribution in [0.25, 0.3) is 22.0 Å². The number of aromatic nitrogens is 7. The van der Waals surface area contributed by atoms with Crippen molar-refractivity contribution >= 4 is 44.3 Å². The van der Waals surface area contributed by atoms with Crippen LogP contribution in [0.2, 0.25) is 5.02 Å². The summed E-state index contributed by atoms with van der Waals surface area (Å²) in [6.45, 7) is 2.74. The number of anilines is 1. The maximum absolute atomic E-state index is 15.5. The normalized spacial score (nSPS) is 17.3. The molecular weight excluding hydrogens is 836 g/mol. The number of nitrogens with one attached hydrogen (secondary N) is 3. The summed E-state index contributed by atoms with van der Waals surface area (Å²) >= 11 is 6.63. The Hall–Kier alpha value is -5.87. The Bertz CT molecular complexity index is 2870. The van der Waals surface area contributed by atoms with Gasteiger partial charge < -0.3 is 10.3 Å². The molecule has 0 bridgehead atoms. The number of imidazole rings is 1. The predicted octanol–water partition coefficient (Wildman–Crippen LogP) is 7.43. The molecule has 3 atom stereocenters. The number of nitrogens with zero attached hydrogens (tertiary/aromatic N) is 6. The van der Waals surface area contributed by atoms with Gasteiger partial charge in [0.2, 0.25) is 15.9 Å². The zero-order valence-electron chi connectivity index (χ0n) is 32.1. The Balaban J connectivity index is 1.29. The highest BCUT2D eigenvalue weighted by atomic mass is 35.5. The smallest absolute Gasteiger partial charge is 0.293 e. The first kappa shape index (κ1) is 40.9. The molecule has 20 heteroatoms. The van der Waals surface area contributed by atoms with Crippen LogP contribution in [0.3, 0.4) is 0 Å². The van der Waals surface area contributed by atoms with E-state index < -0.39 is 81.1 Å². The third-order valence-corrected chi connectivity index (χ3v) is 11.4.